The first-order valence-electron chi connectivity index (χ1n) is 6.57. The normalized spacial score (nSPS) is 25.4. The van der Waals surface area contributed by atoms with E-state index in [4.69, 9.17) is 10.8 Å². The minimum Gasteiger partial charge on any atom is -0.480 e. The number of likely N-dealkylation sites (tertiary alicyclic amines) is 1. The van der Waals surface area contributed by atoms with Crippen molar-refractivity contribution in [3.63, 3.8) is 0 Å². The van der Waals surface area contributed by atoms with Crippen LogP contribution in [0.2, 0.25) is 0 Å². The number of aliphatic carboxylic acids is 1. The number of hydrogen-bond donors (Lipinski definition) is 3. The van der Waals surface area contributed by atoms with Crippen LogP contribution in [0.15, 0.2) is 0 Å². The van der Waals surface area contributed by atoms with Crippen LogP contribution in [0.3, 0.4) is 0 Å². The molecule has 0 bridgehead atoms. The van der Waals surface area contributed by atoms with Crippen molar-refractivity contribution in [2.24, 2.45) is 17.1 Å². The molecule has 1 aliphatic heterocycles. The molecule has 0 aliphatic carbocycles. The molecule has 6 nitrogen and oxygen atoms in total. The van der Waals surface area contributed by atoms with Gasteiger partial charge in [-0.05, 0) is 11.8 Å². The molecule has 1 fully saturated rings. The van der Waals surface area contributed by atoms with Crippen molar-refractivity contribution in [2.75, 3.05) is 13.1 Å². The van der Waals surface area contributed by atoms with Crippen LogP contribution in [0, 0.1) is 11.3 Å². The third kappa shape index (κ3) is 4.18. The third-order valence-corrected chi connectivity index (χ3v) is 3.34. The quantitative estimate of drug-likeness (QED) is 0.670. The Balaban J connectivity index is 2.81. The van der Waals surface area contributed by atoms with Gasteiger partial charge in [-0.2, -0.15) is 0 Å². The summed E-state index contributed by atoms with van der Waals surface area (Å²) in [5.41, 5.74) is 5.59. The zero-order valence-corrected chi connectivity index (χ0v) is 11.8. The molecule has 110 valence electrons. The van der Waals surface area contributed by atoms with Crippen molar-refractivity contribution in [3.8, 4) is 0 Å². The van der Waals surface area contributed by atoms with Gasteiger partial charge >= 0.3 is 5.97 Å². The number of hydrogen-bond acceptors (Lipinski definition) is 4. The average Bonchev–Trinajstić information content (AvgIpc) is 2.66. The molecule has 0 spiro atoms. The molecule has 1 aliphatic rings. The molecule has 0 saturated carbocycles. The lowest BCUT2D eigenvalue weighted by Gasteiger charge is -2.29. The van der Waals surface area contributed by atoms with Gasteiger partial charge in [0.15, 0.2) is 0 Å². The molecule has 1 saturated heterocycles. The van der Waals surface area contributed by atoms with Gasteiger partial charge in [0.2, 0.25) is 5.91 Å². The molecule has 1 heterocycles. The third-order valence-electron chi connectivity index (χ3n) is 3.34. The highest BCUT2D eigenvalue weighted by Gasteiger charge is 2.41. The number of rotatable bonds is 4. The summed E-state index contributed by atoms with van der Waals surface area (Å²) in [7, 11) is 0. The van der Waals surface area contributed by atoms with Crippen molar-refractivity contribution in [2.45, 2.75) is 45.8 Å². The van der Waals surface area contributed by atoms with E-state index < -0.39 is 24.0 Å². The minimum absolute atomic E-state index is 0.0588. The fourth-order valence-electron chi connectivity index (χ4n) is 2.54. The number of carbonyl (C=O) groups excluding carboxylic acids is 1. The Bertz CT molecular complexity index is 351. The molecule has 19 heavy (non-hydrogen) atoms. The van der Waals surface area contributed by atoms with Gasteiger partial charge in [-0.3, -0.25) is 4.79 Å². The number of nitrogens with zero attached hydrogens (tertiary/aromatic N) is 1. The SMILES string of the molecule is CC(C)(C)CC(CN)C(=O)N1CC(O)CC1C(=O)O. The molecule has 3 atom stereocenters. The number of carboxylic acids is 1. The molecule has 0 aromatic heterocycles. The van der Waals surface area contributed by atoms with E-state index in [1.165, 1.54) is 4.90 Å². The van der Waals surface area contributed by atoms with E-state index in [9.17, 15) is 14.7 Å². The van der Waals surface area contributed by atoms with E-state index >= 15 is 0 Å². The fraction of sp³-hybridized carbons (Fsp3) is 0.846. The van der Waals surface area contributed by atoms with Gasteiger partial charge in [-0.15, -0.1) is 0 Å². The highest BCUT2D eigenvalue weighted by molar-refractivity contribution is 5.86. The van der Waals surface area contributed by atoms with Crippen LogP contribution < -0.4 is 5.73 Å². The van der Waals surface area contributed by atoms with Crippen molar-refractivity contribution in [3.05, 3.63) is 0 Å². The maximum Gasteiger partial charge on any atom is 0.326 e. The Kier molecular flexibility index (Phi) is 4.92. The maximum absolute atomic E-state index is 12.4. The number of aliphatic hydroxyl groups is 1. The van der Waals surface area contributed by atoms with Gasteiger partial charge in [0.1, 0.15) is 6.04 Å². The maximum atomic E-state index is 12.4. The smallest absolute Gasteiger partial charge is 0.326 e. The predicted molar refractivity (Wildman–Crippen MR) is 70.4 cm³/mol. The first kappa shape index (κ1) is 15.9. The highest BCUT2D eigenvalue weighted by atomic mass is 16.4. The van der Waals surface area contributed by atoms with Crippen LogP contribution in [0.25, 0.3) is 0 Å². The molecule has 0 aromatic carbocycles. The Labute approximate surface area is 113 Å². The standard InChI is InChI=1S/C13H24N2O4/c1-13(2,3)5-8(6-14)11(17)15-7-9(16)4-10(15)12(18)19/h8-10,16H,4-7,14H2,1-3H3,(H,18,19). The molecule has 6 heteroatoms. The molecule has 1 rings (SSSR count). The second-order valence-corrected chi connectivity index (χ2v) is 6.43. The molecule has 3 unspecified atom stereocenters. The van der Waals surface area contributed by atoms with E-state index in [1.807, 2.05) is 20.8 Å². The number of carboxylic acid groups (broad SMARTS) is 1. The average molecular weight is 272 g/mol. The second kappa shape index (κ2) is 5.88. The summed E-state index contributed by atoms with van der Waals surface area (Å²) < 4.78 is 0. The largest absolute Gasteiger partial charge is 0.480 e. The van der Waals surface area contributed by atoms with E-state index in [0.29, 0.717) is 6.42 Å². The number of amides is 1. The van der Waals surface area contributed by atoms with Gasteiger partial charge in [0.25, 0.3) is 0 Å². The van der Waals surface area contributed by atoms with Crippen molar-refractivity contribution < 1.29 is 19.8 Å². The van der Waals surface area contributed by atoms with E-state index in [-0.39, 0.29) is 30.8 Å². The number of β-amino-alcohol motifs (C(OH)–C–C–N with tert-alkyl or cyclic N) is 1. The molecular formula is C13H24N2O4. The molecular weight excluding hydrogens is 248 g/mol. The van der Waals surface area contributed by atoms with Crippen LogP contribution in [0.5, 0.6) is 0 Å². The number of nitrogens with two attached hydrogens (primary N) is 1. The zero-order chi connectivity index (χ0) is 14.8. The Morgan fingerprint density at radius 1 is 1.42 bits per heavy atom. The first-order chi connectivity index (χ1) is 8.65. The lowest BCUT2D eigenvalue weighted by Crippen LogP contribution is -2.46. The summed E-state index contributed by atoms with van der Waals surface area (Å²) in [4.78, 5) is 24.8. The Hall–Kier alpha value is -1.14. The molecule has 0 radical (unpaired) electrons. The fourth-order valence-corrected chi connectivity index (χ4v) is 2.54. The summed E-state index contributed by atoms with van der Waals surface area (Å²) in [6, 6.07) is -0.934. The molecule has 0 aromatic rings. The van der Waals surface area contributed by atoms with Gasteiger partial charge in [0.05, 0.1) is 12.0 Å². The Morgan fingerprint density at radius 3 is 2.42 bits per heavy atom. The lowest BCUT2D eigenvalue weighted by molar-refractivity contribution is -0.150. The van der Waals surface area contributed by atoms with Crippen LogP contribution >= 0.6 is 0 Å². The zero-order valence-electron chi connectivity index (χ0n) is 11.8. The van der Waals surface area contributed by atoms with E-state index in [2.05, 4.69) is 0 Å². The van der Waals surface area contributed by atoms with Crippen molar-refractivity contribution >= 4 is 11.9 Å². The van der Waals surface area contributed by atoms with Gasteiger partial charge in [-0.1, -0.05) is 20.8 Å². The monoisotopic (exact) mass is 272 g/mol. The molecule has 1 amide bonds. The predicted octanol–water partition coefficient (Wildman–Crippen LogP) is 0.0439. The van der Waals surface area contributed by atoms with Crippen LogP contribution in [0.4, 0.5) is 0 Å². The van der Waals surface area contributed by atoms with Crippen molar-refractivity contribution in [1.29, 1.82) is 0 Å². The lowest BCUT2D eigenvalue weighted by atomic mass is 9.84. The minimum atomic E-state index is -1.07. The summed E-state index contributed by atoms with van der Waals surface area (Å²) in [5, 5.41) is 18.7. The summed E-state index contributed by atoms with van der Waals surface area (Å²) in [6.07, 6.45) is -0.0760. The molecule has 4 N–H and O–H groups in total. The first-order valence-corrected chi connectivity index (χ1v) is 6.57. The second-order valence-electron chi connectivity index (χ2n) is 6.43. The topological polar surface area (TPSA) is 104 Å². The number of carbonyl (C=O) groups is 2. The van der Waals surface area contributed by atoms with Crippen molar-refractivity contribution in [1.82, 2.24) is 4.90 Å². The van der Waals surface area contributed by atoms with Crippen LogP contribution in [-0.4, -0.2) is 52.2 Å². The van der Waals surface area contributed by atoms with Gasteiger partial charge in [-0.25, -0.2) is 4.79 Å². The van der Waals surface area contributed by atoms with Gasteiger partial charge in [0, 0.05) is 19.5 Å². The van der Waals surface area contributed by atoms with Gasteiger partial charge < -0.3 is 20.8 Å². The van der Waals surface area contributed by atoms with E-state index in [1.54, 1.807) is 0 Å². The summed E-state index contributed by atoms with van der Waals surface area (Å²) in [6.45, 7) is 6.30. The summed E-state index contributed by atoms with van der Waals surface area (Å²) in [5.74, 6) is -1.73. The van der Waals surface area contributed by atoms with E-state index in [0.717, 1.165) is 0 Å². The number of aliphatic hydroxyl groups excluding tert-OH is 1. The van der Waals surface area contributed by atoms with Crippen LogP contribution in [-0.2, 0) is 9.59 Å². The van der Waals surface area contributed by atoms with Crippen LogP contribution in [0.1, 0.15) is 33.6 Å². The summed E-state index contributed by atoms with van der Waals surface area (Å²) >= 11 is 0. The Morgan fingerprint density at radius 2 is 2.00 bits per heavy atom. The highest BCUT2D eigenvalue weighted by Crippen LogP contribution is 2.28.